The molecule has 10 heteroatoms. The minimum Gasteiger partial charge on any atom is -0.435 e. The number of hydrogen-bond donors (Lipinski definition) is 1. The molecule has 1 fully saturated rings. The Morgan fingerprint density at radius 3 is 2.38 bits per heavy atom. The molecule has 0 saturated carbocycles. The second-order valence-corrected chi connectivity index (χ2v) is 6.46. The lowest BCUT2D eigenvalue weighted by atomic mass is 10.2. The van der Waals surface area contributed by atoms with Crippen molar-refractivity contribution in [1.82, 2.24) is 4.90 Å². The van der Waals surface area contributed by atoms with Crippen molar-refractivity contribution >= 4 is 23.0 Å². The monoisotopic (exact) mass is 406 g/mol. The van der Waals surface area contributed by atoms with Gasteiger partial charge in [0.05, 0.1) is 11.5 Å². The molecule has 1 aliphatic heterocycles. The van der Waals surface area contributed by atoms with Crippen LogP contribution in [0.15, 0.2) is 48.5 Å². The lowest BCUT2D eigenvalue weighted by molar-refractivity contribution is -0.384. The van der Waals surface area contributed by atoms with E-state index in [1.165, 1.54) is 30.3 Å². The first-order valence-corrected chi connectivity index (χ1v) is 8.98. The summed E-state index contributed by atoms with van der Waals surface area (Å²) >= 11 is 0. The molecular weight excluding hydrogens is 386 g/mol. The van der Waals surface area contributed by atoms with Crippen LogP contribution in [0.3, 0.4) is 0 Å². The van der Waals surface area contributed by atoms with Gasteiger partial charge in [-0.15, -0.1) is 0 Å². The summed E-state index contributed by atoms with van der Waals surface area (Å²) in [7, 11) is 0. The lowest BCUT2D eigenvalue weighted by Crippen LogP contribution is -2.48. The number of nitro groups is 1. The zero-order valence-corrected chi connectivity index (χ0v) is 15.5. The quantitative estimate of drug-likeness (QED) is 0.562. The molecular formula is C19H20F2N4O4. The molecule has 1 N–H and O–H groups in total. The first-order chi connectivity index (χ1) is 13.9. The summed E-state index contributed by atoms with van der Waals surface area (Å²) in [6.07, 6.45) is 0. The molecule has 0 aliphatic carbocycles. The van der Waals surface area contributed by atoms with Crippen molar-refractivity contribution in [2.75, 3.05) is 42.9 Å². The van der Waals surface area contributed by atoms with Gasteiger partial charge in [0.15, 0.2) is 0 Å². The van der Waals surface area contributed by atoms with Crippen molar-refractivity contribution in [2.45, 2.75) is 6.61 Å². The van der Waals surface area contributed by atoms with E-state index in [-0.39, 0.29) is 23.9 Å². The van der Waals surface area contributed by atoms with Crippen molar-refractivity contribution in [3.8, 4) is 5.75 Å². The molecule has 0 aromatic heterocycles. The van der Waals surface area contributed by atoms with Crippen molar-refractivity contribution in [3.05, 3.63) is 58.6 Å². The average molecular weight is 406 g/mol. The van der Waals surface area contributed by atoms with E-state index in [1.54, 1.807) is 18.2 Å². The number of nitrogens with zero attached hydrogens (tertiary/aromatic N) is 3. The van der Waals surface area contributed by atoms with Gasteiger partial charge in [-0.05, 0) is 30.3 Å². The van der Waals surface area contributed by atoms with Crippen molar-refractivity contribution in [3.63, 3.8) is 0 Å². The molecule has 3 rings (SSSR count). The standard InChI is InChI=1S/C19H20F2N4O4/c20-19(21)29-15-7-5-14(6-8-15)22-18(26)13-23-9-11-24(12-10-23)16-3-1-2-4-17(16)25(27)28/h1-8,19H,9-13H2,(H,22,26). The number of carbonyl (C=O) groups is 1. The Labute approximate surface area is 165 Å². The summed E-state index contributed by atoms with van der Waals surface area (Å²) in [5, 5.41) is 13.9. The van der Waals surface area contributed by atoms with Crippen LogP contribution in [0.1, 0.15) is 0 Å². The van der Waals surface area contributed by atoms with E-state index in [1.807, 2.05) is 9.80 Å². The predicted molar refractivity (Wildman–Crippen MR) is 103 cm³/mol. The second kappa shape index (κ2) is 9.28. The van der Waals surface area contributed by atoms with Gasteiger partial charge in [0.1, 0.15) is 11.4 Å². The van der Waals surface area contributed by atoms with Crippen LogP contribution in [-0.2, 0) is 4.79 Å². The van der Waals surface area contributed by atoms with Crippen LogP contribution < -0.4 is 15.0 Å². The fourth-order valence-corrected chi connectivity index (χ4v) is 3.16. The number of amides is 1. The molecule has 0 unspecified atom stereocenters. The topological polar surface area (TPSA) is 88.0 Å². The molecule has 0 radical (unpaired) electrons. The van der Waals surface area contributed by atoms with E-state index in [2.05, 4.69) is 10.1 Å². The molecule has 29 heavy (non-hydrogen) atoms. The van der Waals surface area contributed by atoms with Crippen molar-refractivity contribution < 1.29 is 23.2 Å². The lowest BCUT2D eigenvalue weighted by Gasteiger charge is -2.35. The Morgan fingerprint density at radius 1 is 1.10 bits per heavy atom. The Balaban J connectivity index is 1.49. The first-order valence-electron chi connectivity index (χ1n) is 8.98. The number of nitro benzene ring substituents is 1. The van der Waals surface area contributed by atoms with E-state index in [0.29, 0.717) is 37.6 Å². The number of rotatable bonds is 7. The van der Waals surface area contributed by atoms with Crippen molar-refractivity contribution in [1.29, 1.82) is 0 Å². The number of ether oxygens (including phenoxy) is 1. The highest BCUT2D eigenvalue weighted by atomic mass is 19.3. The predicted octanol–water partition coefficient (Wildman–Crippen LogP) is 2.96. The number of hydrogen-bond acceptors (Lipinski definition) is 6. The van der Waals surface area contributed by atoms with Crippen LogP contribution in [0, 0.1) is 10.1 Å². The zero-order valence-electron chi connectivity index (χ0n) is 15.5. The largest absolute Gasteiger partial charge is 0.435 e. The number of nitrogens with one attached hydrogen (secondary N) is 1. The van der Waals surface area contributed by atoms with Gasteiger partial charge in [-0.3, -0.25) is 19.8 Å². The van der Waals surface area contributed by atoms with Gasteiger partial charge in [-0.1, -0.05) is 12.1 Å². The molecule has 0 spiro atoms. The van der Waals surface area contributed by atoms with E-state index >= 15 is 0 Å². The minimum absolute atomic E-state index is 0.0177. The molecule has 0 atom stereocenters. The third kappa shape index (κ3) is 5.61. The number of alkyl halides is 2. The summed E-state index contributed by atoms with van der Waals surface area (Å²) in [5.74, 6) is -0.212. The third-order valence-corrected chi connectivity index (χ3v) is 4.52. The number of anilines is 2. The number of para-hydroxylation sites is 2. The highest BCUT2D eigenvalue weighted by Crippen LogP contribution is 2.28. The van der Waals surface area contributed by atoms with Gasteiger partial charge in [-0.25, -0.2) is 0 Å². The molecule has 2 aromatic rings. The van der Waals surface area contributed by atoms with Gasteiger partial charge in [0.25, 0.3) is 5.69 Å². The third-order valence-electron chi connectivity index (χ3n) is 4.52. The number of carbonyl (C=O) groups excluding carboxylic acids is 1. The summed E-state index contributed by atoms with van der Waals surface area (Å²) in [6.45, 7) is -0.428. The molecule has 1 amide bonds. The van der Waals surface area contributed by atoms with Gasteiger partial charge in [0.2, 0.25) is 5.91 Å². The van der Waals surface area contributed by atoms with Crippen LogP contribution in [0.2, 0.25) is 0 Å². The maximum Gasteiger partial charge on any atom is 0.387 e. The van der Waals surface area contributed by atoms with E-state index in [4.69, 9.17) is 0 Å². The van der Waals surface area contributed by atoms with Gasteiger partial charge < -0.3 is 15.0 Å². The highest BCUT2D eigenvalue weighted by Gasteiger charge is 2.24. The van der Waals surface area contributed by atoms with Crippen LogP contribution in [0.5, 0.6) is 5.75 Å². The first kappa shape index (κ1) is 20.5. The normalized spacial score (nSPS) is 14.7. The number of halogens is 2. The average Bonchev–Trinajstić information content (AvgIpc) is 2.69. The molecule has 1 saturated heterocycles. The van der Waals surface area contributed by atoms with E-state index < -0.39 is 11.5 Å². The molecule has 1 aliphatic rings. The van der Waals surface area contributed by atoms with E-state index in [9.17, 15) is 23.7 Å². The number of piperazine rings is 1. The Kier molecular flexibility index (Phi) is 6.55. The summed E-state index contributed by atoms with van der Waals surface area (Å²) in [5.41, 5.74) is 1.13. The van der Waals surface area contributed by atoms with Crippen LogP contribution in [0.4, 0.5) is 25.8 Å². The van der Waals surface area contributed by atoms with Gasteiger partial charge >= 0.3 is 6.61 Å². The highest BCUT2D eigenvalue weighted by molar-refractivity contribution is 5.92. The van der Waals surface area contributed by atoms with Crippen LogP contribution in [0.25, 0.3) is 0 Å². The van der Waals surface area contributed by atoms with Gasteiger partial charge in [0, 0.05) is 37.9 Å². The van der Waals surface area contributed by atoms with E-state index in [0.717, 1.165) is 0 Å². The molecule has 8 nitrogen and oxygen atoms in total. The van der Waals surface area contributed by atoms with Crippen LogP contribution in [-0.4, -0.2) is 55.1 Å². The molecule has 0 bridgehead atoms. The molecule has 1 heterocycles. The molecule has 2 aromatic carbocycles. The summed E-state index contributed by atoms with van der Waals surface area (Å²) < 4.78 is 28.6. The summed E-state index contributed by atoms with van der Waals surface area (Å²) in [6, 6.07) is 12.3. The SMILES string of the molecule is O=C(CN1CCN(c2ccccc2[N+](=O)[O-])CC1)Nc1ccc(OC(F)F)cc1. The van der Waals surface area contributed by atoms with Gasteiger partial charge in [-0.2, -0.15) is 8.78 Å². The van der Waals surface area contributed by atoms with Crippen molar-refractivity contribution in [2.24, 2.45) is 0 Å². The summed E-state index contributed by atoms with van der Waals surface area (Å²) in [4.78, 5) is 26.9. The van der Waals surface area contributed by atoms with Crippen LogP contribution >= 0.6 is 0 Å². The second-order valence-electron chi connectivity index (χ2n) is 6.46. The maximum atomic E-state index is 12.2. The number of benzene rings is 2. The Morgan fingerprint density at radius 2 is 1.76 bits per heavy atom. The zero-order chi connectivity index (χ0) is 20.8. The minimum atomic E-state index is -2.90. The fourth-order valence-electron chi connectivity index (χ4n) is 3.16. The maximum absolute atomic E-state index is 12.2. The molecule has 154 valence electrons. The Bertz CT molecular complexity index is 856. The smallest absolute Gasteiger partial charge is 0.387 e. The fraction of sp³-hybridized carbons (Fsp3) is 0.316. The Hall–Kier alpha value is -3.27.